The van der Waals surface area contributed by atoms with E-state index in [0.717, 1.165) is 12.8 Å². The molecule has 3 nitrogen and oxygen atoms in total. The van der Waals surface area contributed by atoms with Gasteiger partial charge in [-0.05, 0) is 24.2 Å². The molecule has 5 heteroatoms. The van der Waals surface area contributed by atoms with Gasteiger partial charge < -0.3 is 5.73 Å². The molecule has 0 heterocycles. The molecule has 4 unspecified atom stereocenters. The van der Waals surface area contributed by atoms with Crippen LogP contribution in [0.15, 0.2) is 0 Å². The van der Waals surface area contributed by atoms with Crippen molar-refractivity contribution in [2.45, 2.75) is 38.0 Å². The Hall–Kier alpha value is 0.260. The Balaban J connectivity index is 2.45. The van der Waals surface area contributed by atoms with Crippen LogP contribution >= 0.6 is 12.6 Å². The molecule has 2 fully saturated rings. The first kappa shape index (κ1) is 12.7. The van der Waals surface area contributed by atoms with Gasteiger partial charge in [0, 0.05) is 23.0 Å². The van der Waals surface area contributed by atoms with Gasteiger partial charge in [0.25, 0.3) is 0 Å². The van der Waals surface area contributed by atoms with Crippen LogP contribution in [0.25, 0.3) is 0 Å². The highest BCUT2D eigenvalue weighted by Gasteiger charge is 2.67. The third kappa shape index (κ3) is 1.47. The van der Waals surface area contributed by atoms with Crippen molar-refractivity contribution in [3.8, 4) is 0 Å². The Morgan fingerprint density at radius 3 is 2.38 bits per heavy atom. The highest BCUT2D eigenvalue weighted by atomic mass is 32.2. The summed E-state index contributed by atoms with van der Waals surface area (Å²) >= 11 is 4.59. The van der Waals surface area contributed by atoms with Gasteiger partial charge in [-0.2, -0.15) is 12.6 Å². The van der Waals surface area contributed by atoms with Crippen LogP contribution in [-0.4, -0.2) is 31.7 Å². The Morgan fingerprint density at radius 1 is 1.44 bits per heavy atom. The maximum atomic E-state index is 11.6. The van der Waals surface area contributed by atoms with Crippen molar-refractivity contribution in [1.82, 2.24) is 0 Å². The largest absolute Gasteiger partial charge is 0.326 e. The Morgan fingerprint density at radius 2 is 2.00 bits per heavy atom. The molecule has 2 N–H and O–H groups in total. The van der Waals surface area contributed by atoms with E-state index in [1.54, 1.807) is 0 Å². The first-order chi connectivity index (χ1) is 7.12. The molecule has 2 aliphatic carbocycles. The first-order valence-electron chi connectivity index (χ1n) is 5.73. The van der Waals surface area contributed by atoms with Crippen LogP contribution in [0.3, 0.4) is 0 Å². The molecule has 0 aromatic carbocycles. The second-order valence-electron chi connectivity index (χ2n) is 6.11. The number of hydrogen-bond acceptors (Lipinski definition) is 4. The summed E-state index contributed by atoms with van der Waals surface area (Å²) in [6.07, 6.45) is 3.30. The topological polar surface area (TPSA) is 60.2 Å². The number of thiol groups is 1. The monoisotopic (exact) mass is 263 g/mol. The minimum atomic E-state index is -2.99. The second-order valence-corrected chi connectivity index (χ2v) is 8.85. The van der Waals surface area contributed by atoms with E-state index < -0.39 is 9.84 Å². The quantitative estimate of drug-likeness (QED) is 0.733. The highest BCUT2D eigenvalue weighted by molar-refractivity contribution is 7.90. The molecular weight excluding hydrogens is 242 g/mol. The number of hydrogen-bond donors (Lipinski definition) is 2. The van der Waals surface area contributed by atoms with Crippen molar-refractivity contribution in [3.05, 3.63) is 0 Å². The summed E-state index contributed by atoms with van der Waals surface area (Å²) in [4.78, 5) is 0. The number of rotatable bonds is 2. The molecule has 2 rings (SSSR count). The van der Waals surface area contributed by atoms with Crippen LogP contribution in [0.1, 0.15) is 26.7 Å². The summed E-state index contributed by atoms with van der Waals surface area (Å²) in [5, 5.41) is 0.144. The normalized spacial score (nSPS) is 46.2. The lowest BCUT2D eigenvalue weighted by molar-refractivity contribution is 0.140. The average Bonchev–Trinajstić information content (AvgIpc) is 2.39. The fourth-order valence-corrected chi connectivity index (χ4v) is 6.51. The van der Waals surface area contributed by atoms with Crippen molar-refractivity contribution in [2.24, 2.45) is 22.5 Å². The third-order valence-corrected chi connectivity index (χ3v) is 6.77. The Bertz CT molecular complexity index is 404. The zero-order valence-electron chi connectivity index (χ0n) is 10.1. The van der Waals surface area contributed by atoms with Gasteiger partial charge in [0.15, 0.2) is 0 Å². The molecule has 2 saturated carbocycles. The van der Waals surface area contributed by atoms with E-state index in [1.165, 1.54) is 6.26 Å². The van der Waals surface area contributed by atoms with E-state index in [2.05, 4.69) is 26.5 Å². The lowest BCUT2D eigenvalue weighted by Crippen LogP contribution is -2.50. The standard InChI is InChI=1S/C11H21NO2S2/c1-10(2)7-4-5-11(10,6-16(3,13)14)9(12)8(7)15/h7-9,15H,4-6,12H2,1-3H3. The van der Waals surface area contributed by atoms with Crippen molar-refractivity contribution in [2.75, 3.05) is 12.0 Å². The van der Waals surface area contributed by atoms with Gasteiger partial charge in [-0.1, -0.05) is 13.8 Å². The Labute approximate surface area is 103 Å². The summed E-state index contributed by atoms with van der Waals surface area (Å²) in [7, 11) is -2.99. The molecule has 0 amide bonds. The lowest BCUT2D eigenvalue weighted by atomic mass is 9.69. The molecule has 0 aromatic heterocycles. The van der Waals surface area contributed by atoms with E-state index in [9.17, 15) is 8.42 Å². The SMILES string of the molecule is CC1(C)C2CCC1(CS(C)(=O)=O)C(N)C2S. The van der Waals surface area contributed by atoms with E-state index in [1.807, 2.05) is 0 Å². The predicted molar refractivity (Wildman–Crippen MR) is 69.4 cm³/mol. The maximum absolute atomic E-state index is 11.6. The van der Waals surface area contributed by atoms with Gasteiger partial charge in [0.05, 0.1) is 5.75 Å². The fraction of sp³-hybridized carbons (Fsp3) is 1.00. The highest BCUT2D eigenvalue weighted by Crippen LogP contribution is 2.66. The summed E-state index contributed by atoms with van der Waals surface area (Å²) in [6.45, 7) is 4.32. The lowest BCUT2D eigenvalue weighted by Gasteiger charge is -2.40. The van der Waals surface area contributed by atoms with Crippen LogP contribution in [0.2, 0.25) is 0 Å². The van der Waals surface area contributed by atoms with Crippen molar-refractivity contribution < 1.29 is 8.42 Å². The molecule has 0 aromatic rings. The summed E-state index contributed by atoms with van der Waals surface area (Å²) in [6, 6.07) is -0.0979. The molecule has 0 radical (unpaired) electrons. The molecular formula is C11H21NO2S2. The molecule has 16 heavy (non-hydrogen) atoms. The van der Waals surface area contributed by atoms with Crippen molar-refractivity contribution >= 4 is 22.5 Å². The molecule has 4 atom stereocenters. The van der Waals surface area contributed by atoms with Gasteiger partial charge in [0.2, 0.25) is 0 Å². The van der Waals surface area contributed by atoms with Gasteiger partial charge in [-0.3, -0.25) is 0 Å². The van der Waals surface area contributed by atoms with Gasteiger partial charge in [-0.25, -0.2) is 8.42 Å². The maximum Gasteiger partial charge on any atom is 0.148 e. The minimum Gasteiger partial charge on any atom is -0.326 e. The molecule has 0 spiro atoms. The molecule has 94 valence electrons. The van der Waals surface area contributed by atoms with Crippen molar-refractivity contribution in [3.63, 3.8) is 0 Å². The third-order valence-electron chi connectivity index (χ3n) is 5.05. The number of sulfone groups is 1. The number of nitrogens with two attached hydrogens (primary N) is 1. The summed E-state index contributed by atoms with van der Waals surface area (Å²) in [5.74, 6) is 0.662. The summed E-state index contributed by atoms with van der Waals surface area (Å²) < 4.78 is 23.3. The Kier molecular flexibility index (Phi) is 2.69. The molecule has 2 aliphatic rings. The second kappa shape index (κ2) is 3.39. The molecule has 0 aliphatic heterocycles. The zero-order chi connectivity index (χ0) is 12.4. The average molecular weight is 263 g/mol. The van der Waals surface area contributed by atoms with Crippen LogP contribution in [0.4, 0.5) is 0 Å². The van der Waals surface area contributed by atoms with Crippen LogP contribution in [0, 0.1) is 16.7 Å². The van der Waals surface area contributed by atoms with Crippen LogP contribution in [0.5, 0.6) is 0 Å². The van der Waals surface area contributed by atoms with E-state index >= 15 is 0 Å². The van der Waals surface area contributed by atoms with Crippen molar-refractivity contribution in [1.29, 1.82) is 0 Å². The van der Waals surface area contributed by atoms with Gasteiger partial charge in [0.1, 0.15) is 9.84 Å². The predicted octanol–water partition coefficient (Wildman–Crippen LogP) is 1.09. The first-order valence-corrected chi connectivity index (χ1v) is 8.31. The zero-order valence-corrected chi connectivity index (χ0v) is 11.8. The summed E-state index contributed by atoms with van der Waals surface area (Å²) in [5.41, 5.74) is 5.96. The van der Waals surface area contributed by atoms with E-state index in [-0.39, 0.29) is 27.9 Å². The van der Waals surface area contributed by atoms with Crippen LogP contribution < -0.4 is 5.73 Å². The van der Waals surface area contributed by atoms with Gasteiger partial charge in [-0.15, -0.1) is 0 Å². The fourth-order valence-electron chi connectivity index (χ4n) is 4.06. The van der Waals surface area contributed by atoms with E-state index in [4.69, 9.17) is 5.73 Å². The number of fused-ring (bicyclic) bond motifs is 2. The molecule has 0 saturated heterocycles. The van der Waals surface area contributed by atoms with E-state index in [0.29, 0.717) is 5.92 Å². The van der Waals surface area contributed by atoms with Gasteiger partial charge >= 0.3 is 0 Å². The minimum absolute atomic E-state index is 0.0120. The van der Waals surface area contributed by atoms with Crippen LogP contribution in [-0.2, 0) is 9.84 Å². The smallest absolute Gasteiger partial charge is 0.148 e. The molecule has 2 bridgehead atoms.